The first kappa shape index (κ1) is 24.6. The van der Waals surface area contributed by atoms with Gasteiger partial charge in [-0.25, -0.2) is 4.79 Å². The number of carbonyl (C=O) groups is 1. The molecule has 0 radical (unpaired) electrons. The van der Waals surface area contributed by atoms with Crippen molar-refractivity contribution < 1.29 is 32.5 Å². The normalized spacial score (nSPS) is 12.1. The SMILES string of the molecule is CC(C)(OCc1cc(-c2cccc(OCC(F)(F)F)c2)n(Cc2ccccc2Cl)n1)C(=O)O. The number of carboxylic acid groups (broad SMARTS) is 1. The first-order valence-corrected chi connectivity index (χ1v) is 10.3. The molecular weight excluding hydrogens is 461 g/mol. The van der Waals surface area contributed by atoms with Gasteiger partial charge in [-0.2, -0.15) is 18.3 Å². The quantitative estimate of drug-likeness (QED) is 0.431. The maximum absolute atomic E-state index is 12.5. The van der Waals surface area contributed by atoms with E-state index >= 15 is 0 Å². The Morgan fingerprint density at radius 3 is 2.52 bits per heavy atom. The summed E-state index contributed by atoms with van der Waals surface area (Å²) >= 11 is 6.29. The fraction of sp³-hybridized carbons (Fsp3) is 0.304. The Kier molecular flexibility index (Phi) is 7.34. The van der Waals surface area contributed by atoms with Gasteiger partial charge in [0.25, 0.3) is 0 Å². The van der Waals surface area contributed by atoms with Gasteiger partial charge in [-0.1, -0.05) is 41.9 Å². The lowest BCUT2D eigenvalue weighted by Gasteiger charge is -2.19. The van der Waals surface area contributed by atoms with E-state index in [9.17, 15) is 23.1 Å². The lowest BCUT2D eigenvalue weighted by Crippen LogP contribution is -2.34. The van der Waals surface area contributed by atoms with E-state index in [4.69, 9.17) is 21.1 Å². The number of ether oxygens (including phenoxy) is 2. The molecule has 0 amide bonds. The summed E-state index contributed by atoms with van der Waals surface area (Å²) in [5.74, 6) is -1.06. The maximum Gasteiger partial charge on any atom is 0.422 e. The molecule has 2 aromatic carbocycles. The Balaban J connectivity index is 1.94. The van der Waals surface area contributed by atoms with Crippen LogP contribution in [0, 0.1) is 0 Å². The van der Waals surface area contributed by atoms with Gasteiger partial charge in [-0.3, -0.25) is 4.68 Å². The number of alkyl halides is 3. The molecule has 0 aliphatic heterocycles. The second kappa shape index (κ2) is 9.84. The fourth-order valence-corrected chi connectivity index (χ4v) is 3.10. The summed E-state index contributed by atoms with van der Waals surface area (Å²) in [6.07, 6.45) is -4.46. The molecule has 6 nitrogen and oxygen atoms in total. The zero-order valence-corrected chi connectivity index (χ0v) is 18.7. The minimum atomic E-state index is -4.46. The molecule has 176 valence electrons. The summed E-state index contributed by atoms with van der Waals surface area (Å²) in [6, 6.07) is 15.1. The Morgan fingerprint density at radius 1 is 1.12 bits per heavy atom. The van der Waals surface area contributed by atoms with Gasteiger partial charge in [-0.05, 0) is 43.7 Å². The lowest BCUT2D eigenvalue weighted by molar-refractivity contribution is -0.162. The zero-order chi connectivity index (χ0) is 24.2. The number of carboxylic acids is 1. The number of aromatic nitrogens is 2. The highest BCUT2D eigenvalue weighted by Crippen LogP contribution is 2.28. The molecule has 0 aliphatic carbocycles. The topological polar surface area (TPSA) is 73.6 Å². The second-order valence-electron chi connectivity index (χ2n) is 7.81. The minimum absolute atomic E-state index is 0.0557. The Labute approximate surface area is 193 Å². The lowest BCUT2D eigenvalue weighted by atomic mass is 10.1. The third-order valence-electron chi connectivity index (χ3n) is 4.74. The van der Waals surface area contributed by atoms with Gasteiger partial charge in [0, 0.05) is 10.6 Å². The average Bonchev–Trinajstić information content (AvgIpc) is 3.15. The number of hydrogen-bond donors (Lipinski definition) is 1. The van der Waals surface area contributed by atoms with Crippen molar-refractivity contribution in [2.75, 3.05) is 6.61 Å². The number of nitrogens with zero attached hydrogens (tertiary/aromatic N) is 2. The highest BCUT2D eigenvalue weighted by Gasteiger charge is 2.29. The van der Waals surface area contributed by atoms with E-state index in [2.05, 4.69) is 5.10 Å². The van der Waals surface area contributed by atoms with Gasteiger partial charge in [-0.15, -0.1) is 0 Å². The monoisotopic (exact) mass is 482 g/mol. The van der Waals surface area contributed by atoms with Gasteiger partial charge in [0.05, 0.1) is 24.5 Å². The molecular formula is C23H22ClF3N2O4. The van der Waals surface area contributed by atoms with Gasteiger partial charge in [0.2, 0.25) is 0 Å². The first-order valence-electron chi connectivity index (χ1n) is 9.92. The molecule has 0 saturated carbocycles. The fourth-order valence-electron chi connectivity index (χ4n) is 2.91. The zero-order valence-electron chi connectivity index (χ0n) is 17.9. The summed E-state index contributed by atoms with van der Waals surface area (Å²) in [4.78, 5) is 11.3. The van der Waals surface area contributed by atoms with E-state index in [1.54, 1.807) is 35.0 Å². The summed E-state index contributed by atoms with van der Waals surface area (Å²) in [6.45, 7) is 1.66. The Morgan fingerprint density at radius 2 is 1.85 bits per heavy atom. The second-order valence-corrected chi connectivity index (χ2v) is 8.21. The van der Waals surface area contributed by atoms with Crippen molar-refractivity contribution in [2.24, 2.45) is 0 Å². The predicted molar refractivity (Wildman–Crippen MR) is 116 cm³/mol. The Bertz CT molecular complexity index is 1130. The van der Waals surface area contributed by atoms with Gasteiger partial charge >= 0.3 is 12.1 Å². The molecule has 0 fully saturated rings. The molecule has 3 rings (SSSR count). The molecule has 33 heavy (non-hydrogen) atoms. The number of aliphatic carboxylic acids is 1. The number of halogens is 4. The molecule has 0 unspecified atom stereocenters. The van der Waals surface area contributed by atoms with E-state index in [1.807, 2.05) is 12.1 Å². The van der Waals surface area contributed by atoms with Crippen LogP contribution in [0.1, 0.15) is 25.1 Å². The maximum atomic E-state index is 12.5. The van der Waals surface area contributed by atoms with Crippen LogP contribution in [0.5, 0.6) is 5.75 Å². The van der Waals surface area contributed by atoms with Crippen molar-refractivity contribution in [1.29, 1.82) is 0 Å². The van der Waals surface area contributed by atoms with E-state index < -0.39 is 24.4 Å². The smallest absolute Gasteiger partial charge is 0.422 e. The van der Waals surface area contributed by atoms with Crippen LogP contribution in [-0.4, -0.2) is 39.2 Å². The van der Waals surface area contributed by atoms with Crippen LogP contribution in [0.4, 0.5) is 13.2 Å². The standard InChI is InChI=1S/C23H22ClF3N2O4/c1-22(2,21(30)31)33-13-17-11-20(29(28-17)12-16-6-3-4-9-19(16)24)15-7-5-8-18(10-15)32-14-23(25,26)27/h3-11H,12-14H2,1-2H3,(H,30,31). The van der Waals surface area contributed by atoms with Crippen molar-refractivity contribution >= 4 is 17.6 Å². The molecule has 0 saturated heterocycles. The molecule has 10 heteroatoms. The van der Waals surface area contributed by atoms with Crippen LogP contribution in [-0.2, 0) is 22.7 Å². The van der Waals surface area contributed by atoms with Crippen LogP contribution in [0.3, 0.4) is 0 Å². The summed E-state index contributed by atoms with van der Waals surface area (Å²) in [5, 5.41) is 14.3. The average molecular weight is 483 g/mol. The van der Waals surface area contributed by atoms with Gasteiger partial charge in [0.1, 0.15) is 5.75 Å². The van der Waals surface area contributed by atoms with Crippen molar-refractivity contribution in [3.8, 4) is 17.0 Å². The highest BCUT2D eigenvalue weighted by molar-refractivity contribution is 6.31. The number of rotatable bonds is 9. The molecule has 1 heterocycles. The van der Waals surface area contributed by atoms with Crippen molar-refractivity contribution in [3.05, 3.63) is 70.9 Å². The van der Waals surface area contributed by atoms with Crippen molar-refractivity contribution in [2.45, 2.75) is 38.8 Å². The van der Waals surface area contributed by atoms with Gasteiger partial charge in [0.15, 0.2) is 12.2 Å². The number of hydrogen-bond acceptors (Lipinski definition) is 4. The van der Waals surface area contributed by atoms with Crippen molar-refractivity contribution in [1.82, 2.24) is 9.78 Å². The molecule has 0 bridgehead atoms. The summed E-state index contributed by atoms with van der Waals surface area (Å²) in [7, 11) is 0. The van der Waals surface area contributed by atoms with E-state index in [-0.39, 0.29) is 18.9 Å². The minimum Gasteiger partial charge on any atom is -0.484 e. The third kappa shape index (κ3) is 6.72. The van der Waals surface area contributed by atoms with Crippen LogP contribution >= 0.6 is 11.6 Å². The van der Waals surface area contributed by atoms with Crippen molar-refractivity contribution in [3.63, 3.8) is 0 Å². The van der Waals surface area contributed by atoms with E-state index in [1.165, 1.54) is 26.0 Å². The van der Waals surface area contributed by atoms with Crippen LogP contribution in [0.25, 0.3) is 11.3 Å². The molecule has 0 atom stereocenters. The van der Waals surface area contributed by atoms with Crippen LogP contribution in [0.15, 0.2) is 54.6 Å². The Hall–Kier alpha value is -3.04. The molecule has 1 N–H and O–H groups in total. The largest absolute Gasteiger partial charge is 0.484 e. The van der Waals surface area contributed by atoms with Crippen LogP contribution in [0.2, 0.25) is 5.02 Å². The number of benzene rings is 2. The molecule has 1 aromatic heterocycles. The third-order valence-corrected chi connectivity index (χ3v) is 5.11. The van der Waals surface area contributed by atoms with E-state index in [0.29, 0.717) is 22.0 Å². The summed E-state index contributed by atoms with van der Waals surface area (Å²) < 4.78 is 49.6. The van der Waals surface area contributed by atoms with E-state index in [0.717, 1.165) is 5.56 Å². The molecule has 0 aliphatic rings. The van der Waals surface area contributed by atoms with Crippen LogP contribution < -0.4 is 4.74 Å². The van der Waals surface area contributed by atoms with Gasteiger partial charge < -0.3 is 14.6 Å². The predicted octanol–water partition coefficient (Wildman–Crippen LogP) is 5.57. The highest BCUT2D eigenvalue weighted by atomic mass is 35.5. The molecule has 3 aromatic rings. The summed E-state index contributed by atoms with van der Waals surface area (Å²) in [5.41, 5.74) is 0.967. The first-order chi connectivity index (χ1) is 15.4. The molecule has 0 spiro atoms.